The van der Waals surface area contributed by atoms with Gasteiger partial charge in [0.1, 0.15) is 5.37 Å². The molecule has 0 aromatic heterocycles. The molecule has 1 heterocycles. The minimum absolute atomic E-state index is 0.250. The van der Waals surface area contributed by atoms with Gasteiger partial charge in [-0.15, -0.1) is 0 Å². The first-order valence-electron chi connectivity index (χ1n) is 6.86. The Morgan fingerprint density at radius 3 is 2.78 bits per heavy atom. The molecule has 108 valence electrons. The molecular weight excluding hydrogens is 268 g/mol. The van der Waals surface area contributed by atoms with Crippen LogP contribution in [0.2, 0.25) is 0 Å². The zero-order chi connectivity index (χ0) is 13.4. The molecule has 0 aliphatic carbocycles. The van der Waals surface area contributed by atoms with E-state index in [4.69, 9.17) is 0 Å². The van der Waals surface area contributed by atoms with Gasteiger partial charge in [0.15, 0.2) is 9.84 Å². The maximum atomic E-state index is 12.0. The molecule has 1 N–H and O–H groups in total. The zero-order valence-electron chi connectivity index (χ0n) is 11.5. The van der Waals surface area contributed by atoms with Crippen LogP contribution < -0.4 is 5.32 Å². The standard InChI is InChI=1S/C12H26N2O2S2/c1-3-13-7-5-6-8-14-9-10-17-11-12(14)18(15,16)4-2/h12-13H,3-11H2,1-2H3. The fourth-order valence-corrected chi connectivity index (χ4v) is 5.25. The molecule has 6 heteroatoms. The molecule has 1 aliphatic heterocycles. The molecule has 0 spiro atoms. The molecule has 0 radical (unpaired) electrons. The molecule has 1 saturated heterocycles. The summed E-state index contributed by atoms with van der Waals surface area (Å²) in [5, 5.41) is 3.05. The summed E-state index contributed by atoms with van der Waals surface area (Å²) in [5.41, 5.74) is 0. The van der Waals surface area contributed by atoms with Crippen molar-refractivity contribution >= 4 is 21.6 Å². The third kappa shape index (κ3) is 5.07. The van der Waals surface area contributed by atoms with E-state index in [-0.39, 0.29) is 11.1 Å². The predicted molar refractivity (Wildman–Crippen MR) is 79.9 cm³/mol. The van der Waals surface area contributed by atoms with E-state index in [0.29, 0.717) is 0 Å². The summed E-state index contributed by atoms with van der Waals surface area (Å²) in [6.45, 7) is 7.72. The lowest BCUT2D eigenvalue weighted by Gasteiger charge is -2.34. The molecule has 0 aromatic rings. The van der Waals surface area contributed by atoms with E-state index in [1.54, 1.807) is 18.7 Å². The number of nitrogens with one attached hydrogen (secondary N) is 1. The van der Waals surface area contributed by atoms with E-state index in [2.05, 4.69) is 17.1 Å². The Bertz CT molecular complexity index is 320. The van der Waals surface area contributed by atoms with E-state index < -0.39 is 9.84 Å². The monoisotopic (exact) mass is 294 g/mol. The lowest BCUT2D eigenvalue weighted by molar-refractivity contribution is 0.264. The average Bonchev–Trinajstić information content (AvgIpc) is 2.39. The smallest absolute Gasteiger partial charge is 0.166 e. The highest BCUT2D eigenvalue weighted by Crippen LogP contribution is 2.21. The lowest BCUT2D eigenvalue weighted by atomic mass is 10.3. The molecule has 18 heavy (non-hydrogen) atoms. The number of nitrogens with zero attached hydrogens (tertiary/aromatic N) is 1. The minimum atomic E-state index is -2.93. The lowest BCUT2D eigenvalue weighted by Crippen LogP contribution is -2.48. The molecule has 1 rings (SSSR count). The summed E-state index contributed by atoms with van der Waals surface area (Å²) in [5.74, 6) is 2.05. The van der Waals surface area contributed by atoms with Crippen molar-refractivity contribution in [1.82, 2.24) is 10.2 Å². The maximum Gasteiger partial charge on any atom is 0.166 e. The van der Waals surface area contributed by atoms with Crippen LogP contribution in [0.15, 0.2) is 0 Å². The van der Waals surface area contributed by atoms with Gasteiger partial charge in [0.25, 0.3) is 0 Å². The number of hydrogen-bond donors (Lipinski definition) is 1. The largest absolute Gasteiger partial charge is 0.317 e. The Morgan fingerprint density at radius 2 is 2.11 bits per heavy atom. The van der Waals surface area contributed by atoms with Crippen LogP contribution >= 0.6 is 11.8 Å². The van der Waals surface area contributed by atoms with E-state index in [1.807, 2.05) is 0 Å². The van der Waals surface area contributed by atoms with Gasteiger partial charge in [-0.25, -0.2) is 8.42 Å². The summed E-state index contributed by atoms with van der Waals surface area (Å²) in [6, 6.07) is 0. The maximum absolute atomic E-state index is 12.0. The fourth-order valence-electron chi connectivity index (χ4n) is 2.14. The van der Waals surface area contributed by atoms with Crippen molar-refractivity contribution in [2.75, 3.05) is 43.4 Å². The topological polar surface area (TPSA) is 49.4 Å². The first-order valence-corrected chi connectivity index (χ1v) is 9.73. The second kappa shape index (κ2) is 8.40. The first-order chi connectivity index (χ1) is 8.61. The summed E-state index contributed by atoms with van der Waals surface area (Å²) in [6.07, 6.45) is 2.20. The molecule has 0 aromatic carbocycles. The molecule has 0 saturated carbocycles. The molecule has 1 aliphatic rings. The van der Waals surface area contributed by atoms with E-state index in [9.17, 15) is 8.42 Å². The molecular formula is C12H26N2O2S2. The number of unbranched alkanes of at least 4 members (excludes halogenated alkanes) is 1. The van der Waals surface area contributed by atoms with Crippen LogP contribution in [0.5, 0.6) is 0 Å². The van der Waals surface area contributed by atoms with Crippen LogP contribution in [-0.4, -0.2) is 62.1 Å². The highest BCUT2D eigenvalue weighted by atomic mass is 32.2. The summed E-state index contributed by atoms with van der Waals surface area (Å²) in [7, 11) is -2.93. The van der Waals surface area contributed by atoms with Crippen molar-refractivity contribution in [1.29, 1.82) is 0 Å². The van der Waals surface area contributed by atoms with E-state index in [0.717, 1.165) is 50.5 Å². The van der Waals surface area contributed by atoms with Gasteiger partial charge in [0.2, 0.25) is 0 Å². The van der Waals surface area contributed by atoms with Crippen LogP contribution in [0, 0.1) is 0 Å². The third-order valence-corrected chi connectivity index (χ3v) is 6.64. The normalized spacial score (nSPS) is 22.2. The molecule has 4 nitrogen and oxygen atoms in total. The second-order valence-corrected chi connectivity index (χ2v) is 8.17. The van der Waals surface area contributed by atoms with Crippen molar-refractivity contribution in [3.05, 3.63) is 0 Å². The third-order valence-electron chi connectivity index (χ3n) is 3.31. The van der Waals surface area contributed by atoms with Crippen molar-refractivity contribution < 1.29 is 8.42 Å². The quantitative estimate of drug-likeness (QED) is 0.681. The van der Waals surface area contributed by atoms with Gasteiger partial charge in [0, 0.05) is 23.8 Å². The Labute approximate surface area is 116 Å². The molecule has 0 amide bonds. The average molecular weight is 294 g/mol. The molecule has 1 atom stereocenters. The van der Waals surface area contributed by atoms with Gasteiger partial charge >= 0.3 is 0 Å². The zero-order valence-corrected chi connectivity index (χ0v) is 13.2. The SMILES string of the molecule is CCNCCCCN1CCSCC1S(=O)(=O)CC. The summed E-state index contributed by atoms with van der Waals surface area (Å²) >= 11 is 1.76. The molecule has 1 unspecified atom stereocenters. The van der Waals surface area contributed by atoms with Gasteiger partial charge in [-0.1, -0.05) is 13.8 Å². The van der Waals surface area contributed by atoms with Crippen LogP contribution in [-0.2, 0) is 9.84 Å². The van der Waals surface area contributed by atoms with Gasteiger partial charge in [0.05, 0.1) is 0 Å². The minimum Gasteiger partial charge on any atom is -0.317 e. The Morgan fingerprint density at radius 1 is 1.33 bits per heavy atom. The van der Waals surface area contributed by atoms with Gasteiger partial charge in [-0.3, -0.25) is 4.90 Å². The predicted octanol–water partition coefficient (Wildman–Crippen LogP) is 1.19. The van der Waals surface area contributed by atoms with Crippen molar-refractivity contribution in [3.63, 3.8) is 0 Å². The summed E-state index contributed by atoms with van der Waals surface area (Å²) < 4.78 is 24.1. The number of sulfone groups is 1. The van der Waals surface area contributed by atoms with Crippen LogP contribution in [0.3, 0.4) is 0 Å². The van der Waals surface area contributed by atoms with Crippen molar-refractivity contribution in [2.45, 2.75) is 32.1 Å². The summed E-state index contributed by atoms with van der Waals surface area (Å²) in [4.78, 5) is 2.17. The highest BCUT2D eigenvalue weighted by molar-refractivity contribution is 8.01. The van der Waals surface area contributed by atoms with Crippen LogP contribution in [0.25, 0.3) is 0 Å². The molecule has 1 fully saturated rings. The first kappa shape index (κ1) is 16.3. The van der Waals surface area contributed by atoms with Gasteiger partial charge < -0.3 is 5.32 Å². The van der Waals surface area contributed by atoms with Crippen molar-refractivity contribution in [3.8, 4) is 0 Å². The fraction of sp³-hybridized carbons (Fsp3) is 1.00. The van der Waals surface area contributed by atoms with Crippen molar-refractivity contribution in [2.24, 2.45) is 0 Å². The Kier molecular flexibility index (Phi) is 7.60. The highest BCUT2D eigenvalue weighted by Gasteiger charge is 2.32. The molecule has 0 bridgehead atoms. The number of rotatable bonds is 8. The second-order valence-electron chi connectivity index (χ2n) is 4.58. The number of thioether (sulfide) groups is 1. The van der Waals surface area contributed by atoms with E-state index >= 15 is 0 Å². The van der Waals surface area contributed by atoms with Gasteiger partial charge in [-0.05, 0) is 32.5 Å². The van der Waals surface area contributed by atoms with Crippen LogP contribution in [0.1, 0.15) is 26.7 Å². The van der Waals surface area contributed by atoms with Crippen LogP contribution in [0.4, 0.5) is 0 Å². The van der Waals surface area contributed by atoms with E-state index in [1.165, 1.54) is 0 Å². The Balaban J connectivity index is 2.40. The Hall–Kier alpha value is 0.220. The number of hydrogen-bond acceptors (Lipinski definition) is 5. The van der Waals surface area contributed by atoms with Gasteiger partial charge in [-0.2, -0.15) is 11.8 Å².